The Morgan fingerprint density at radius 1 is 1.15 bits per heavy atom. The van der Waals surface area contributed by atoms with Gasteiger partial charge < -0.3 is 10.1 Å². The molecule has 1 aliphatic rings. The van der Waals surface area contributed by atoms with E-state index in [9.17, 15) is 18.8 Å². The summed E-state index contributed by atoms with van der Waals surface area (Å²) in [6.45, 7) is 5.92. The van der Waals surface area contributed by atoms with Gasteiger partial charge in [-0.25, -0.2) is 13.4 Å². The van der Waals surface area contributed by atoms with Gasteiger partial charge >= 0.3 is 0 Å². The molecule has 0 bridgehead atoms. The van der Waals surface area contributed by atoms with Crippen LogP contribution >= 0.6 is 0 Å². The van der Waals surface area contributed by atoms with Crippen LogP contribution in [0.4, 0.5) is 0 Å². The molecule has 2 N–H and O–H groups in total. The molecule has 1 atom stereocenters. The highest BCUT2D eigenvalue weighted by atomic mass is 32.2. The molecule has 1 saturated heterocycles. The van der Waals surface area contributed by atoms with Gasteiger partial charge in [-0.1, -0.05) is 38.1 Å². The number of aromatic nitrogens is 2. The minimum absolute atomic E-state index is 0.0847. The van der Waals surface area contributed by atoms with Gasteiger partial charge in [0.15, 0.2) is 5.82 Å². The average molecular weight is 480 g/mol. The molecule has 1 aromatic heterocycles. The predicted octanol–water partition coefficient (Wildman–Crippen LogP) is 3.88. The first-order chi connectivity index (χ1) is 16.3. The number of benzene rings is 2. The molecule has 0 radical (unpaired) electrons. The lowest BCUT2D eigenvalue weighted by molar-refractivity contribution is 0.182. The van der Waals surface area contributed by atoms with Crippen molar-refractivity contribution in [3.05, 3.63) is 65.7 Å². The molecule has 2 heterocycles. The Hall–Kier alpha value is -3.19. The van der Waals surface area contributed by atoms with Crippen LogP contribution in [0.5, 0.6) is 0 Å². The zero-order valence-corrected chi connectivity index (χ0v) is 20.2. The third kappa shape index (κ3) is 4.85. The molecule has 4 rings (SSSR count). The van der Waals surface area contributed by atoms with Gasteiger partial charge in [0, 0.05) is 26.2 Å². The van der Waals surface area contributed by atoms with E-state index in [0.717, 1.165) is 17.5 Å². The van der Waals surface area contributed by atoms with Gasteiger partial charge in [-0.3, -0.25) is 4.90 Å². The Kier molecular flexibility index (Phi) is 7.03. The molecule has 1 fully saturated rings. The number of aromatic amines is 1. The maximum atomic E-state index is 13.1. The zero-order chi connectivity index (χ0) is 24.3. The first-order valence-electron chi connectivity index (χ1n) is 11.4. The molecule has 9 heteroatoms. The second kappa shape index (κ2) is 9.97. The largest absolute Gasteiger partial charge is 0.509 e. The summed E-state index contributed by atoms with van der Waals surface area (Å²) in [6, 6.07) is 16.6. The van der Waals surface area contributed by atoms with Gasteiger partial charge in [-0.2, -0.15) is 9.57 Å². The Balaban J connectivity index is 1.42. The predicted molar refractivity (Wildman–Crippen MR) is 132 cm³/mol. The highest BCUT2D eigenvalue weighted by molar-refractivity contribution is 7.89. The fraction of sp³-hybridized carbons (Fsp3) is 0.360. The number of imidazole rings is 1. The molecular formula is C25H29N5O3S. The molecule has 34 heavy (non-hydrogen) atoms. The van der Waals surface area contributed by atoms with E-state index < -0.39 is 10.0 Å². The summed E-state index contributed by atoms with van der Waals surface area (Å²) < 4.78 is 27.6. The van der Waals surface area contributed by atoms with E-state index in [1.807, 2.05) is 47.4 Å². The number of nitriles is 1. The van der Waals surface area contributed by atoms with Crippen LogP contribution < -0.4 is 0 Å². The monoisotopic (exact) mass is 479 g/mol. The van der Waals surface area contributed by atoms with Crippen LogP contribution in [-0.4, -0.2) is 65.4 Å². The smallest absolute Gasteiger partial charge is 0.243 e. The van der Waals surface area contributed by atoms with Crippen molar-refractivity contribution in [2.75, 3.05) is 32.7 Å². The number of aliphatic hydroxyl groups excluding tert-OH is 1. The minimum Gasteiger partial charge on any atom is -0.509 e. The highest BCUT2D eigenvalue weighted by Crippen LogP contribution is 2.24. The molecule has 0 saturated carbocycles. The number of rotatable bonds is 7. The van der Waals surface area contributed by atoms with Crippen molar-refractivity contribution in [1.82, 2.24) is 19.2 Å². The molecule has 8 nitrogen and oxygen atoms in total. The molecule has 178 valence electrons. The number of hydrogen-bond acceptors (Lipinski definition) is 6. The number of sulfonamides is 1. The van der Waals surface area contributed by atoms with Crippen molar-refractivity contribution in [1.29, 1.82) is 5.26 Å². The molecule has 0 unspecified atom stereocenters. The minimum atomic E-state index is -3.58. The third-order valence-electron chi connectivity index (χ3n) is 6.43. The maximum absolute atomic E-state index is 13.1. The normalized spacial score (nSPS) is 17.3. The Morgan fingerprint density at radius 2 is 1.82 bits per heavy atom. The number of nitrogens with one attached hydrogen (secondary N) is 1. The molecule has 0 aliphatic carbocycles. The number of nitrogens with zero attached hydrogens (tertiary/aromatic N) is 4. The lowest BCUT2D eigenvalue weighted by Crippen LogP contribution is -2.49. The topological polar surface area (TPSA) is 113 Å². The summed E-state index contributed by atoms with van der Waals surface area (Å²) in [4.78, 5) is 9.70. The summed E-state index contributed by atoms with van der Waals surface area (Å²) in [5, 5.41) is 20.3. The second-order valence-corrected chi connectivity index (χ2v) is 10.5. The van der Waals surface area contributed by atoms with E-state index in [4.69, 9.17) is 0 Å². The van der Waals surface area contributed by atoms with Crippen LogP contribution in [0.15, 0.2) is 59.2 Å². The Morgan fingerprint density at radius 3 is 2.44 bits per heavy atom. The number of allylic oxidation sites excluding steroid dienone is 1. The Bertz CT molecular complexity index is 1300. The second-order valence-electron chi connectivity index (χ2n) is 8.59. The third-order valence-corrected chi connectivity index (χ3v) is 8.34. The van der Waals surface area contributed by atoms with Gasteiger partial charge in [0.2, 0.25) is 10.0 Å². The highest BCUT2D eigenvalue weighted by Gasteiger charge is 2.29. The fourth-order valence-corrected chi connectivity index (χ4v) is 5.52. The summed E-state index contributed by atoms with van der Waals surface area (Å²) in [6.07, 6.45) is 0.999. The summed E-state index contributed by atoms with van der Waals surface area (Å²) in [5.74, 6) is 0.626. The van der Waals surface area contributed by atoms with Crippen LogP contribution in [0.1, 0.15) is 37.6 Å². The fourth-order valence-electron chi connectivity index (χ4n) is 4.10. The maximum Gasteiger partial charge on any atom is 0.243 e. The van der Waals surface area contributed by atoms with Crippen molar-refractivity contribution in [2.45, 2.75) is 31.1 Å². The zero-order valence-electron chi connectivity index (χ0n) is 19.4. The standard InChI is InChI=1S/C25H29N5O3S/c1-3-18(2)19-8-10-20(11-9-19)34(32,33)30-14-12-29(13-15-30)17-24(31)21(16-26)25-27-22-6-4-5-7-23(22)28-25/h4-11,18,31H,3,12-15,17H2,1-2H3,(H,27,28)/t18-/m1/s1. The van der Waals surface area contributed by atoms with Crippen LogP contribution in [0.3, 0.4) is 0 Å². The quantitative estimate of drug-likeness (QED) is 0.393. The molecule has 0 amide bonds. The molecule has 2 aromatic carbocycles. The summed E-state index contributed by atoms with van der Waals surface area (Å²) >= 11 is 0. The van der Waals surface area contributed by atoms with Crippen LogP contribution in [0, 0.1) is 11.3 Å². The molecule has 3 aromatic rings. The van der Waals surface area contributed by atoms with Crippen molar-refractivity contribution in [3.63, 3.8) is 0 Å². The van der Waals surface area contributed by atoms with E-state index in [1.165, 1.54) is 4.31 Å². The lowest BCUT2D eigenvalue weighted by Gasteiger charge is -2.33. The number of H-pyrrole nitrogens is 1. The molecular weight excluding hydrogens is 450 g/mol. The average Bonchev–Trinajstić information content (AvgIpc) is 3.28. The summed E-state index contributed by atoms with van der Waals surface area (Å²) in [5.41, 5.74) is 2.72. The van der Waals surface area contributed by atoms with Crippen LogP contribution in [0.2, 0.25) is 0 Å². The van der Waals surface area contributed by atoms with Crippen molar-refractivity contribution in [2.24, 2.45) is 0 Å². The van der Waals surface area contributed by atoms with Crippen molar-refractivity contribution < 1.29 is 13.5 Å². The van der Waals surface area contributed by atoms with Crippen molar-refractivity contribution in [3.8, 4) is 6.07 Å². The number of para-hydroxylation sites is 2. The SMILES string of the molecule is CC[C@@H](C)c1ccc(S(=O)(=O)N2CCN(CC(O)=C(C#N)c3nc4ccccc4[nH]3)CC2)cc1. The molecule has 0 spiro atoms. The first-order valence-corrected chi connectivity index (χ1v) is 12.9. The molecule has 1 aliphatic heterocycles. The van der Waals surface area contributed by atoms with E-state index in [2.05, 4.69) is 23.8 Å². The van der Waals surface area contributed by atoms with Crippen LogP contribution in [-0.2, 0) is 10.0 Å². The van der Waals surface area contributed by atoms with E-state index in [0.29, 0.717) is 48.3 Å². The number of piperazine rings is 1. The number of hydrogen-bond donors (Lipinski definition) is 2. The van der Waals surface area contributed by atoms with Gasteiger partial charge in [-0.15, -0.1) is 0 Å². The Labute approximate surface area is 200 Å². The van der Waals surface area contributed by atoms with Gasteiger partial charge in [-0.05, 0) is 42.2 Å². The van der Waals surface area contributed by atoms with Gasteiger partial charge in [0.1, 0.15) is 17.4 Å². The summed E-state index contributed by atoms with van der Waals surface area (Å²) in [7, 11) is -3.58. The van der Waals surface area contributed by atoms with E-state index >= 15 is 0 Å². The first kappa shape index (κ1) is 24.0. The van der Waals surface area contributed by atoms with E-state index in [-0.39, 0.29) is 17.9 Å². The van der Waals surface area contributed by atoms with E-state index in [1.54, 1.807) is 12.1 Å². The number of aliphatic hydroxyl groups is 1. The van der Waals surface area contributed by atoms with Crippen molar-refractivity contribution >= 4 is 26.6 Å². The van der Waals surface area contributed by atoms with Crippen LogP contribution in [0.25, 0.3) is 16.6 Å². The van der Waals surface area contributed by atoms with Gasteiger partial charge in [0.25, 0.3) is 0 Å². The lowest BCUT2D eigenvalue weighted by atomic mass is 9.99. The van der Waals surface area contributed by atoms with Gasteiger partial charge in [0.05, 0.1) is 22.5 Å². The number of fused-ring (bicyclic) bond motifs is 1.